The van der Waals surface area contributed by atoms with E-state index in [0.717, 1.165) is 5.69 Å². The Balaban J connectivity index is 1.16. The van der Waals surface area contributed by atoms with Crippen molar-refractivity contribution in [1.82, 2.24) is 0 Å². The van der Waals surface area contributed by atoms with Crippen LogP contribution in [0, 0.1) is 0 Å². The molecule has 57 heavy (non-hydrogen) atoms. The van der Waals surface area contributed by atoms with E-state index in [2.05, 4.69) is 217 Å². The maximum atomic E-state index is 2.52. The molecule has 0 radical (unpaired) electrons. The van der Waals surface area contributed by atoms with Crippen LogP contribution in [0.15, 0.2) is 212 Å². The van der Waals surface area contributed by atoms with Crippen LogP contribution in [-0.2, 0) is 0 Å². The van der Waals surface area contributed by atoms with Gasteiger partial charge in [0.15, 0.2) is 0 Å². The molecular weight excluding hydrogens is 727 g/mol. The summed E-state index contributed by atoms with van der Waals surface area (Å²) < 4.78 is 5.16. The van der Waals surface area contributed by atoms with Crippen LogP contribution in [0.25, 0.3) is 84.9 Å². The van der Waals surface area contributed by atoms with Crippen molar-refractivity contribution in [2.24, 2.45) is 0 Å². The van der Waals surface area contributed by atoms with Crippen molar-refractivity contribution in [1.29, 1.82) is 0 Å². The van der Waals surface area contributed by atoms with Crippen molar-refractivity contribution in [2.75, 3.05) is 4.90 Å². The molecule has 0 spiro atoms. The van der Waals surface area contributed by atoms with Gasteiger partial charge in [-0.25, -0.2) is 0 Å². The van der Waals surface area contributed by atoms with Crippen LogP contribution < -0.4 is 4.90 Å². The number of hydrogen-bond donors (Lipinski definition) is 0. The minimum atomic E-state index is 1.12. The Kier molecular flexibility index (Phi) is 8.28. The first kappa shape index (κ1) is 33.5. The van der Waals surface area contributed by atoms with Crippen LogP contribution in [0.5, 0.6) is 0 Å². The minimum absolute atomic E-state index is 1.12. The molecule has 0 aliphatic heterocycles. The Morgan fingerprint density at radius 3 is 1.51 bits per heavy atom. The van der Waals surface area contributed by atoms with Gasteiger partial charge in [0.05, 0.1) is 16.1 Å². The van der Waals surface area contributed by atoms with E-state index in [1.807, 2.05) is 22.7 Å². The molecule has 2 heterocycles. The van der Waals surface area contributed by atoms with E-state index in [4.69, 9.17) is 0 Å². The first-order valence-corrected chi connectivity index (χ1v) is 21.0. The van der Waals surface area contributed by atoms with Gasteiger partial charge < -0.3 is 4.90 Å². The fourth-order valence-corrected chi connectivity index (χ4v) is 10.8. The van der Waals surface area contributed by atoms with Gasteiger partial charge in [0, 0.05) is 41.3 Å². The van der Waals surface area contributed by atoms with E-state index in [9.17, 15) is 0 Å². The van der Waals surface area contributed by atoms with Gasteiger partial charge in [-0.2, -0.15) is 0 Å². The van der Waals surface area contributed by atoms with E-state index in [0.29, 0.717) is 0 Å². The minimum Gasteiger partial charge on any atom is -0.308 e. The zero-order valence-electron chi connectivity index (χ0n) is 31.0. The molecule has 11 aromatic rings. The van der Waals surface area contributed by atoms with Gasteiger partial charge in [0.2, 0.25) is 0 Å². The Hall–Kier alpha value is -6.78. The predicted octanol–water partition coefficient (Wildman–Crippen LogP) is 16.6. The summed E-state index contributed by atoms with van der Waals surface area (Å²) in [5, 5.41) is 5.12. The Bertz CT molecular complexity index is 3200. The highest BCUT2D eigenvalue weighted by molar-refractivity contribution is 7.27. The number of fused-ring (bicyclic) bond motifs is 6. The molecule has 0 amide bonds. The summed E-state index contributed by atoms with van der Waals surface area (Å²) in [6.07, 6.45) is 0. The highest BCUT2D eigenvalue weighted by atomic mass is 32.1. The molecule has 0 aliphatic carbocycles. The second-order valence-electron chi connectivity index (χ2n) is 14.5. The van der Waals surface area contributed by atoms with Crippen molar-refractivity contribution < 1.29 is 0 Å². The molecule has 0 N–H and O–H groups in total. The zero-order valence-corrected chi connectivity index (χ0v) is 32.6. The largest absolute Gasteiger partial charge is 0.308 e. The third kappa shape index (κ3) is 5.91. The molecule has 0 bridgehead atoms. The Labute approximate surface area is 340 Å². The fourth-order valence-electron chi connectivity index (χ4n) is 8.33. The van der Waals surface area contributed by atoms with Crippen molar-refractivity contribution in [3.8, 4) is 44.5 Å². The third-order valence-corrected chi connectivity index (χ3v) is 13.5. The quantitative estimate of drug-likeness (QED) is 0.156. The summed E-state index contributed by atoms with van der Waals surface area (Å²) in [4.78, 5) is 2.52. The van der Waals surface area contributed by atoms with Crippen LogP contribution in [0.4, 0.5) is 17.1 Å². The lowest BCUT2D eigenvalue weighted by Gasteiger charge is -2.28. The monoisotopic (exact) mass is 761 g/mol. The lowest BCUT2D eigenvalue weighted by atomic mass is 9.98. The number of anilines is 3. The van der Waals surface area contributed by atoms with Gasteiger partial charge in [0.1, 0.15) is 0 Å². The first-order valence-electron chi connectivity index (χ1n) is 19.3. The average molecular weight is 762 g/mol. The molecule has 0 aliphatic rings. The average Bonchev–Trinajstić information content (AvgIpc) is 3.87. The summed E-state index contributed by atoms with van der Waals surface area (Å²) in [5.74, 6) is 0. The van der Waals surface area contributed by atoms with Crippen molar-refractivity contribution in [3.05, 3.63) is 212 Å². The standard InChI is InChI=1S/C54H35NS2/c1-4-14-36(15-5-1)38-26-28-39(29-27-38)40-30-32-43(33-31-40)55(48-23-13-25-51-52(48)46-20-10-11-24-50(46)56-51)49-35-42(37-16-6-2-7-17-37)34-47-45-22-12-21-44(53(45)57-54(47)49)41-18-8-3-9-19-41/h1-35H. The number of rotatable bonds is 7. The SMILES string of the molecule is c1ccc(-c2ccc(-c3ccc(N(c4cc(-c5ccccc5)cc5c4sc4c(-c6ccccc6)cccc45)c4cccc5sc6ccccc6c45)cc3)cc2)cc1. The van der Waals surface area contributed by atoms with Gasteiger partial charge in [-0.05, 0) is 87.0 Å². The molecule has 2 aromatic heterocycles. The molecule has 9 aromatic carbocycles. The second-order valence-corrected chi connectivity index (χ2v) is 16.6. The second kappa shape index (κ2) is 14.1. The van der Waals surface area contributed by atoms with E-state index < -0.39 is 0 Å². The van der Waals surface area contributed by atoms with Crippen LogP contribution >= 0.6 is 22.7 Å². The van der Waals surface area contributed by atoms with E-state index >= 15 is 0 Å². The molecule has 268 valence electrons. The molecule has 11 rings (SSSR count). The fraction of sp³-hybridized carbons (Fsp3) is 0. The van der Waals surface area contributed by atoms with E-state index in [-0.39, 0.29) is 0 Å². The van der Waals surface area contributed by atoms with Gasteiger partial charge in [0.25, 0.3) is 0 Å². The van der Waals surface area contributed by atoms with Crippen LogP contribution in [0.1, 0.15) is 0 Å². The maximum absolute atomic E-state index is 2.52. The number of benzene rings is 9. The van der Waals surface area contributed by atoms with Crippen molar-refractivity contribution >= 4 is 80.1 Å². The molecular formula is C54H35NS2. The highest BCUT2D eigenvalue weighted by Gasteiger charge is 2.24. The predicted molar refractivity (Wildman–Crippen MR) is 249 cm³/mol. The summed E-state index contributed by atoms with van der Waals surface area (Å²) in [5.41, 5.74) is 13.2. The molecule has 0 atom stereocenters. The van der Waals surface area contributed by atoms with Gasteiger partial charge in [-0.1, -0.05) is 170 Å². The summed E-state index contributed by atoms with van der Waals surface area (Å²) in [6, 6.07) is 77.6. The molecule has 0 saturated heterocycles. The molecule has 0 saturated carbocycles. The maximum Gasteiger partial charge on any atom is 0.0646 e. The van der Waals surface area contributed by atoms with Crippen LogP contribution in [0.2, 0.25) is 0 Å². The number of thiophene rings is 2. The lowest BCUT2D eigenvalue weighted by molar-refractivity contribution is 1.32. The van der Waals surface area contributed by atoms with E-state index in [1.165, 1.54) is 96.2 Å². The summed E-state index contributed by atoms with van der Waals surface area (Å²) >= 11 is 3.77. The summed E-state index contributed by atoms with van der Waals surface area (Å²) in [6.45, 7) is 0. The van der Waals surface area contributed by atoms with E-state index in [1.54, 1.807) is 0 Å². The van der Waals surface area contributed by atoms with Crippen molar-refractivity contribution in [3.63, 3.8) is 0 Å². The van der Waals surface area contributed by atoms with Gasteiger partial charge in [-0.15, -0.1) is 22.7 Å². The smallest absolute Gasteiger partial charge is 0.0646 e. The zero-order chi connectivity index (χ0) is 37.7. The van der Waals surface area contributed by atoms with Crippen LogP contribution in [0.3, 0.4) is 0 Å². The van der Waals surface area contributed by atoms with Crippen LogP contribution in [-0.4, -0.2) is 0 Å². The normalized spacial score (nSPS) is 11.5. The first-order chi connectivity index (χ1) is 28.3. The van der Waals surface area contributed by atoms with Gasteiger partial charge in [-0.3, -0.25) is 0 Å². The summed E-state index contributed by atoms with van der Waals surface area (Å²) in [7, 11) is 0. The molecule has 1 nitrogen and oxygen atoms in total. The third-order valence-electron chi connectivity index (χ3n) is 11.1. The van der Waals surface area contributed by atoms with Crippen molar-refractivity contribution in [2.45, 2.75) is 0 Å². The number of hydrogen-bond acceptors (Lipinski definition) is 3. The Morgan fingerprint density at radius 1 is 0.298 bits per heavy atom. The van der Waals surface area contributed by atoms with Gasteiger partial charge >= 0.3 is 0 Å². The number of nitrogens with zero attached hydrogens (tertiary/aromatic N) is 1. The Morgan fingerprint density at radius 2 is 0.825 bits per heavy atom. The highest BCUT2D eigenvalue weighted by Crippen LogP contribution is 2.51. The molecule has 0 fully saturated rings. The molecule has 3 heteroatoms. The topological polar surface area (TPSA) is 3.24 Å². The molecule has 0 unspecified atom stereocenters. The lowest BCUT2D eigenvalue weighted by Crippen LogP contribution is -2.10.